The number of aromatic hydroxyl groups is 1. The number of allylic oxidation sites excluding steroid dienone is 4. The van der Waals surface area contributed by atoms with Crippen molar-refractivity contribution in [3.8, 4) is 16.9 Å². The number of carbonyl (C=O) groups is 3. The minimum atomic E-state index is -0.762. The molecule has 0 amide bonds. The van der Waals surface area contributed by atoms with Gasteiger partial charge in [0.05, 0.1) is 18.6 Å². The summed E-state index contributed by atoms with van der Waals surface area (Å²) in [7, 11) is 0. The first-order valence-corrected chi connectivity index (χ1v) is 12.9. The van der Waals surface area contributed by atoms with Crippen molar-refractivity contribution in [1.82, 2.24) is 0 Å². The molecule has 0 heterocycles. The van der Waals surface area contributed by atoms with E-state index in [2.05, 4.69) is 24.3 Å². The van der Waals surface area contributed by atoms with Crippen LogP contribution in [0.4, 0.5) is 0 Å². The van der Waals surface area contributed by atoms with E-state index in [4.69, 9.17) is 0 Å². The summed E-state index contributed by atoms with van der Waals surface area (Å²) in [6.45, 7) is 0.777. The maximum atomic E-state index is 13.2. The largest absolute Gasteiger partial charge is 0.507 e. The number of hydrogen-bond acceptors (Lipinski definition) is 6. The third kappa shape index (κ3) is 5.97. The Morgan fingerprint density at radius 1 is 1.00 bits per heavy atom. The van der Waals surface area contributed by atoms with Gasteiger partial charge in [-0.3, -0.25) is 14.4 Å². The number of aliphatic hydroxyl groups excluding tert-OH is 2. The van der Waals surface area contributed by atoms with Gasteiger partial charge in [-0.05, 0) is 66.3 Å². The van der Waals surface area contributed by atoms with Gasteiger partial charge in [0, 0.05) is 24.9 Å². The average Bonchev–Trinajstić information content (AvgIpc) is 3.39. The van der Waals surface area contributed by atoms with Gasteiger partial charge < -0.3 is 15.3 Å². The van der Waals surface area contributed by atoms with Crippen molar-refractivity contribution in [2.75, 3.05) is 13.2 Å². The van der Waals surface area contributed by atoms with E-state index in [1.165, 1.54) is 12.5 Å². The highest BCUT2D eigenvalue weighted by molar-refractivity contribution is 6.03. The minimum absolute atomic E-state index is 0.0307. The molecule has 3 atom stereocenters. The summed E-state index contributed by atoms with van der Waals surface area (Å²) >= 11 is 0. The molecule has 6 nitrogen and oxygen atoms in total. The van der Waals surface area contributed by atoms with Gasteiger partial charge in [-0.25, -0.2) is 0 Å². The molecule has 0 saturated carbocycles. The van der Waals surface area contributed by atoms with Crippen LogP contribution < -0.4 is 0 Å². The number of phenols is 1. The van der Waals surface area contributed by atoms with Crippen molar-refractivity contribution < 1.29 is 29.7 Å². The van der Waals surface area contributed by atoms with Crippen LogP contribution in [0.2, 0.25) is 0 Å². The molecule has 37 heavy (non-hydrogen) atoms. The van der Waals surface area contributed by atoms with Crippen LogP contribution in [0.25, 0.3) is 11.1 Å². The number of carbonyl (C=O) groups excluding carboxylic acids is 3. The Hall–Kier alpha value is -3.35. The number of hydrogen-bond donors (Lipinski definition) is 3. The topological polar surface area (TPSA) is 112 Å². The van der Waals surface area contributed by atoms with E-state index in [-0.39, 0.29) is 60.3 Å². The summed E-state index contributed by atoms with van der Waals surface area (Å²) in [6.07, 6.45) is 9.56. The molecule has 2 aliphatic rings. The molecular formula is C31H34O6. The average molecular weight is 503 g/mol. The highest BCUT2D eigenvalue weighted by Crippen LogP contribution is 2.41. The predicted molar refractivity (Wildman–Crippen MR) is 141 cm³/mol. The fraction of sp³-hybridized carbons (Fsp3) is 0.387. The van der Waals surface area contributed by atoms with Gasteiger partial charge in [0.25, 0.3) is 0 Å². The predicted octanol–water partition coefficient (Wildman–Crippen LogP) is 4.56. The number of rotatable bonds is 11. The Morgan fingerprint density at radius 2 is 1.70 bits per heavy atom. The van der Waals surface area contributed by atoms with Crippen molar-refractivity contribution in [3.05, 3.63) is 77.4 Å². The Morgan fingerprint density at radius 3 is 2.32 bits per heavy atom. The standard InChI is InChI=1S/C31H34O6/c1-19(34)14-29(36)27(18-33)24(12-13-32)15-20-16-26-25(10-11-28(35)31(26)30(37)17-20)23-8-6-22(7-9-23)21-4-2-3-5-21/h2-11,20-21,24,27,32-33,35H,12-18H2,1H3. The van der Waals surface area contributed by atoms with E-state index < -0.39 is 12.5 Å². The molecule has 6 heteroatoms. The molecule has 0 aliphatic heterocycles. The molecule has 0 saturated heterocycles. The zero-order chi connectivity index (χ0) is 26.5. The molecule has 4 rings (SSSR count). The molecule has 3 N–H and O–H groups in total. The zero-order valence-electron chi connectivity index (χ0n) is 21.1. The first-order chi connectivity index (χ1) is 17.8. The van der Waals surface area contributed by atoms with E-state index in [0.717, 1.165) is 16.7 Å². The van der Waals surface area contributed by atoms with Crippen LogP contribution in [-0.4, -0.2) is 45.9 Å². The Kier molecular flexibility index (Phi) is 8.52. The molecule has 0 aromatic heterocycles. The normalized spacial score (nSPS) is 18.6. The lowest BCUT2D eigenvalue weighted by Gasteiger charge is -2.31. The lowest BCUT2D eigenvalue weighted by atomic mass is 9.72. The monoisotopic (exact) mass is 502 g/mol. The van der Waals surface area contributed by atoms with Crippen LogP contribution in [-0.2, 0) is 16.0 Å². The first-order valence-electron chi connectivity index (χ1n) is 12.9. The van der Waals surface area contributed by atoms with Crippen molar-refractivity contribution in [3.63, 3.8) is 0 Å². The van der Waals surface area contributed by atoms with E-state index in [1.807, 2.05) is 30.4 Å². The van der Waals surface area contributed by atoms with Gasteiger partial charge in [-0.2, -0.15) is 0 Å². The van der Waals surface area contributed by atoms with Crippen LogP contribution >= 0.6 is 0 Å². The Labute approximate surface area is 217 Å². The Balaban J connectivity index is 1.61. The Bertz CT molecular complexity index is 1210. The number of fused-ring (bicyclic) bond motifs is 1. The molecule has 2 aromatic rings. The third-order valence-corrected chi connectivity index (χ3v) is 7.63. The second kappa shape index (κ2) is 11.8. The van der Waals surface area contributed by atoms with Gasteiger partial charge in [0.2, 0.25) is 0 Å². The molecule has 0 radical (unpaired) electrons. The van der Waals surface area contributed by atoms with Gasteiger partial charge >= 0.3 is 0 Å². The van der Waals surface area contributed by atoms with E-state index in [1.54, 1.807) is 6.07 Å². The molecule has 3 unspecified atom stereocenters. The summed E-state index contributed by atoms with van der Waals surface area (Å²) in [4.78, 5) is 37.3. The third-order valence-electron chi connectivity index (χ3n) is 7.63. The fourth-order valence-electron chi connectivity index (χ4n) is 5.83. The highest BCUT2D eigenvalue weighted by atomic mass is 16.3. The summed E-state index contributed by atoms with van der Waals surface area (Å²) in [6, 6.07) is 11.6. The van der Waals surface area contributed by atoms with Gasteiger partial charge in [0.15, 0.2) is 5.78 Å². The molecule has 0 bridgehead atoms. The zero-order valence-corrected chi connectivity index (χ0v) is 21.1. The van der Waals surface area contributed by atoms with Gasteiger partial charge in [-0.15, -0.1) is 0 Å². The quantitative estimate of drug-likeness (QED) is 0.389. The number of Topliss-reactive ketones (excluding diaryl/α,β-unsaturated/α-hetero) is 3. The lowest BCUT2D eigenvalue weighted by Crippen LogP contribution is -2.32. The number of benzene rings is 2. The smallest absolute Gasteiger partial charge is 0.167 e. The van der Waals surface area contributed by atoms with Crippen LogP contribution in [0, 0.1) is 17.8 Å². The van der Waals surface area contributed by atoms with E-state index >= 15 is 0 Å². The van der Waals surface area contributed by atoms with Crippen LogP contribution in [0.3, 0.4) is 0 Å². The molecule has 2 aliphatic carbocycles. The lowest BCUT2D eigenvalue weighted by molar-refractivity contribution is -0.131. The molecular weight excluding hydrogens is 468 g/mol. The van der Waals surface area contributed by atoms with Crippen molar-refractivity contribution >= 4 is 17.3 Å². The minimum Gasteiger partial charge on any atom is -0.507 e. The maximum absolute atomic E-state index is 13.2. The molecule has 0 fully saturated rings. The van der Waals surface area contributed by atoms with Crippen molar-refractivity contribution in [2.45, 2.75) is 44.9 Å². The summed E-state index contributed by atoms with van der Waals surface area (Å²) < 4.78 is 0. The van der Waals surface area contributed by atoms with E-state index in [0.29, 0.717) is 24.8 Å². The van der Waals surface area contributed by atoms with E-state index in [9.17, 15) is 29.7 Å². The maximum Gasteiger partial charge on any atom is 0.167 e. The number of ketones is 3. The summed E-state index contributed by atoms with van der Waals surface area (Å²) in [5, 5.41) is 30.1. The van der Waals surface area contributed by atoms with Gasteiger partial charge in [0.1, 0.15) is 17.3 Å². The van der Waals surface area contributed by atoms with Crippen LogP contribution in [0.5, 0.6) is 5.75 Å². The van der Waals surface area contributed by atoms with Crippen molar-refractivity contribution in [1.29, 1.82) is 0 Å². The SMILES string of the molecule is CC(=O)CC(=O)C(CO)C(CCO)CC1CC(=O)c2c(O)ccc(-c3ccc(C4C=CC=C4)cc3)c2C1. The second-order valence-corrected chi connectivity index (χ2v) is 10.2. The van der Waals surface area contributed by atoms with Crippen LogP contribution in [0.15, 0.2) is 60.7 Å². The highest BCUT2D eigenvalue weighted by Gasteiger charge is 2.35. The van der Waals surface area contributed by atoms with Crippen molar-refractivity contribution in [2.24, 2.45) is 17.8 Å². The number of aliphatic hydroxyl groups is 2. The number of phenolic OH excluding ortho intramolecular Hbond substituents is 1. The van der Waals surface area contributed by atoms with Crippen LogP contribution in [0.1, 0.15) is 60.0 Å². The molecule has 0 spiro atoms. The second-order valence-electron chi connectivity index (χ2n) is 10.2. The summed E-state index contributed by atoms with van der Waals surface area (Å²) in [5.74, 6) is -1.76. The fourth-order valence-corrected chi connectivity index (χ4v) is 5.83. The first kappa shape index (κ1) is 26.7. The molecule has 194 valence electrons. The molecule has 2 aromatic carbocycles. The summed E-state index contributed by atoms with van der Waals surface area (Å²) in [5.41, 5.74) is 4.15. The van der Waals surface area contributed by atoms with Gasteiger partial charge in [-0.1, -0.05) is 54.6 Å².